The molecule has 0 radical (unpaired) electrons. The third kappa shape index (κ3) is 4.61. The van der Waals surface area contributed by atoms with E-state index in [4.69, 9.17) is 9.15 Å². The van der Waals surface area contributed by atoms with Crippen LogP contribution in [0.25, 0.3) is 11.3 Å². The molecule has 2 N–H and O–H groups in total. The number of hydrogen-bond acceptors (Lipinski definition) is 3. The number of nitrogens with two attached hydrogens (primary N) is 1. The molecule has 0 amide bonds. The van der Waals surface area contributed by atoms with Crippen molar-refractivity contribution in [3.8, 4) is 11.3 Å². The van der Waals surface area contributed by atoms with Crippen LogP contribution in [0.2, 0.25) is 0 Å². The van der Waals surface area contributed by atoms with Gasteiger partial charge < -0.3 is 14.5 Å². The lowest BCUT2D eigenvalue weighted by molar-refractivity contribution is -0.687. The highest BCUT2D eigenvalue weighted by molar-refractivity contribution is 5.89. The Balaban J connectivity index is 1.57. The molecule has 26 heavy (non-hydrogen) atoms. The first-order valence-electron chi connectivity index (χ1n) is 8.89. The number of hydrogen-bond donors (Lipinski definition) is 1. The summed E-state index contributed by atoms with van der Waals surface area (Å²) in [6.45, 7) is 5.98. The molecule has 0 spiro atoms. The number of quaternary nitrogens is 1. The second-order valence-corrected chi connectivity index (χ2v) is 6.25. The van der Waals surface area contributed by atoms with Crippen LogP contribution in [-0.2, 0) is 17.8 Å². The highest BCUT2D eigenvalue weighted by Gasteiger charge is 2.09. The maximum Gasteiger partial charge on any atom is 0.338 e. The zero-order chi connectivity index (χ0) is 18.4. The molecule has 1 aromatic heterocycles. The van der Waals surface area contributed by atoms with Gasteiger partial charge in [-0.25, -0.2) is 4.79 Å². The van der Waals surface area contributed by atoms with E-state index in [1.165, 1.54) is 11.1 Å². The van der Waals surface area contributed by atoms with Gasteiger partial charge in [0.25, 0.3) is 0 Å². The topological polar surface area (TPSA) is 56.0 Å². The first-order chi connectivity index (χ1) is 12.7. The average molecular weight is 350 g/mol. The van der Waals surface area contributed by atoms with E-state index in [1.807, 2.05) is 24.3 Å². The third-order valence-corrected chi connectivity index (χ3v) is 4.19. The number of rotatable bonds is 7. The van der Waals surface area contributed by atoms with E-state index < -0.39 is 0 Å². The molecule has 3 rings (SSSR count). The van der Waals surface area contributed by atoms with E-state index >= 15 is 0 Å². The molecule has 3 aromatic rings. The van der Waals surface area contributed by atoms with E-state index in [2.05, 4.69) is 36.5 Å². The highest BCUT2D eigenvalue weighted by Crippen LogP contribution is 2.22. The van der Waals surface area contributed by atoms with Gasteiger partial charge in [-0.2, -0.15) is 0 Å². The standard InChI is InChI=1S/C22H23NO3/c1-3-25-22(24)19-10-8-18(9-11-19)21-13-12-20(26-21)15-23-14-17-6-4-16(2)5-7-17/h4-13,23H,3,14-15H2,1-2H3/p+1. The molecule has 0 aliphatic heterocycles. The van der Waals surface area contributed by atoms with Gasteiger partial charge >= 0.3 is 5.97 Å². The summed E-state index contributed by atoms with van der Waals surface area (Å²) < 4.78 is 10.9. The van der Waals surface area contributed by atoms with Crippen LogP contribution in [0.3, 0.4) is 0 Å². The van der Waals surface area contributed by atoms with Gasteiger partial charge in [0, 0.05) is 11.1 Å². The van der Waals surface area contributed by atoms with Crippen molar-refractivity contribution in [1.82, 2.24) is 0 Å². The normalized spacial score (nSPS) is 10.7. The molecule has 4 nitrogen and oxygen atoms in total. The fraction of sp³-hybridized carbons (Fsp3) is 0.227. The van der Waals surface area contributed by atoms with Crippen LogP contribution in [0.15, 0.2) is 65.1 Å². The van der Waals surface area contributed by atoms with Crippen LogP contribution in [0.4, 0.5) is 0 Å². The molecule has 0 saturated heterocycles. The Kier molecular flexibility index (Phi) is 5.87. The molecular formula is C22H24NO3+. The van der Waals surface area contributed by atoms with Gasteiger partial charge in [-0.1, -0.05) is 42.0 Å². The van der Waals surface area contributed by atoms with Crippen molar-refractivity contribution in [3.05, 3.63) is 83.1 Å². The van der Waals surface area contributed by atoms with Crippen LogP contribution < -0.4 is 5.32 Å². The fourth-order valence-electron chi connectivity index (χ4n) is 2.73. The maximum absolute atomic E-state index is 11.7. The minimum absolute atomic E-state index is 0.301. The summed E-state index contributed by atoms with van der Waals surface area (Å²) in [6, 6.07) is 19.8. The van der Waals surface area contributed by atoms with Gasteiger partial charge in [0.1, 0.15) is 18.8 Å². The predicted octanol–water partition coefficient (Wildman–Crippen LogP) is 3.70. The first kappa shape index (κ1) is 18.0. The molecule has 4 heteroatoms. The van der Waals surface area contributed by atoms with E-state index in [-0.39, 0.29) is 5.97 Å². The molecule has 0 saturated carbocycles. The highest BCUT2D eigenvalue weighted by atomic mass is 16.5. The van der Waals surface area contributed by atoms with Crippen LogP contribution in [0, 0.1) is 6.92 Å². The van der Waals surface area contributed by atoms with Crippen molar-refractivity contribution in [2.45, 2.75) is 26.9 Å². The van der Waals surface area contributed by atoms with Crippen LogP contribution >= 0.6 is 0 Å². The molecule has 1 heterocycles. The number of esters is 1. The molecule has 134 valence electrons. The van der Waals surface area contributed by atoms with Gasteiger partial charge in [0.15, 0.2) is 5.76 Å². The van der Waals surface area contributed by atoms with Crippen molar-refractivity contribution >= 4 is 5.97 Å². The monoisotopic (exact) mass is 350 g/mol. The molecule has 0 aliphatic carbocycles. The number of carbonyl (C=O) groups excluding carboxylic acids is 1. The van der Waals surface area contributed by atoms with Crippen LogP contribution in [0.1, 0.15) is 34.2 Å². The smallest absolute Gasteiger partial charge is 0.338 e. The Morgan fingerprint density at radius 2 is 1.69 bits per heavy atom. The molecule has 2 aromatic carbocycles. The summed E-state index contributed by atoms with van der Waals surface area (Å²) >= 11 is 0. The van der Waals surface area contributed by atoms with E-state index in [9.17, 15) is 4.79 Å². The zero-order valence-corrected chi connectivity index (χ0v) is 15.2. The second-order valence-electron chi connectivity index (χ2n) is 6.25. The largest absolute Gasteiger partial charge is 0.462 e. The van der Waals surface area contributed by atoms with E-state index in [1.54, 1.807) is 19.1 Å². The SMILES string of the molecule is CCOC(=O)c1ccc(-c2ccc(C[NH2+]Cc3ccc(C)cc3)o2)cc1. The fourth-order valence-corrected chi connectivity index (χ4v) is 2.73. The van der Waals surface area contributed by atoms with E-state index in [0.29, 0.717) is 12.2 Å². The Labute approximate surface area is 153 Å². The molecular weight excluding hydrogens is 326 g/mol. The Hall–Kier alpha value is -2.85. The third-order valence-electron chi connectivity index (χ3n) is 4.19. The van der Waals surface area contributed by atoms with Crippen molar-refractivity contribution in [2.75, 3.05) is 6.61 Å². The number of ether oxygens (including phenoxy) is 1. The number of furan rings is 1. The maximum atomic E-state index is 11.7. The minimum atomic E-state index is -0.301. The van der Waals surface area contributed by atoms with Crippen LogP contribution in [-0.4, -0.2) is 12.6 Å². The minimum Gasteiger partial charge on any atom is -0.462 e. The quantitative estimate of drug-likeness (QED) is 0.661. The van der Waals surface area contributed by atoms with Crippen molar-refractivity contribution in [2.24, 2.45) is 0 Å². The molecule has 0 fully saturated rings. The number of aryl methyl sites for hydroxylation is 1. The lowest BCUT2D eigenvalue weighted by atomic mass is 10.1. The van der Waals surface area contributed by atoms with Gasteiger partial charge in [0.2, 0.25) is 0 Å². The molecule has 0 bridgehead atoms. The number of carbonyl (C=O) groups is 1. The summed E-state index contributed by atoms with van der Waals surface area (Å²) in [5, 5.41) is 2.22. The van der Waals surface area contributed by atoms with Gasteiger partial charge in [-0.15, -0.1) is 0 Å². The van der Waals surface area contributed by atoms with Crippen molar-refractivity contribution in [1.29, 1.82) is 0 Å². The molecule has 0 atom stereocenters. The lowest BCUT2D eigenvalue weighted by Gasteiger charge is -2.03. The Morgan fingerprint density at radius 1 is 0.962 bits per heavy atom. The van der Waals surface area contributed by atoms with E-state index in [0.717, 1.165) is 30.2 Å². The van der Waals surface area contributed by atoms with Gasteiger partial charge in [-0.3, -0.25) is 0 Å². The first-order valence-corrected chi connectivity index (χ1v) is 8.89. The summed E-state index contributed by atoms with van der Waals surface area (Å²) in [5.74, 6) is 1.44. The second kappa shape index (κ2) is 8.50. The summed E-state index contributed by atoms with van der Waals surface area (Å²) in [4.78, 5) is 11.7. The Morgan fingerprint density at radius 3 is 2.38 bits per heavy atom. The zero-order valence-electron chi connectivity index (χ0n) is 15.2. The van der Waals surface area contributed by atoms with Gasteiger partial charge in [-0.05, 0) is 38.1 Å². The van der Waals surface area contributed by atoms with Crippen molar-refractivity contribution in [3.63, 3.8) is 0 Å². The lowest BCUT2D eigenvalue weighted by Crippen LogP contribution is -2.80. The van der Waals surface area contributed by atoms with Crippen molar-refractivity contribution < 1.29 is 19.3 Å². The summed E-state index contributed by atoms with van der Waals surface area (Å²) in [5.41, 5.74) is 4.08. The summed E-state index contributed by atoms with van der Waals surface area (Å²) in [7, 11) is 0. The molecule has 0 unspecified atom stereocenters. The average Bonchev–Trinajstić information content (AvgIpc) is 3.13. The predicted molar refractivity (Wildman–Crippen MR) is 101 cm³/mol. The molecule has 0 aliphatic rings. The summed E-state index contributed by atoms with van der Waals surface area (Å²) in [6.07, 6.45) is 0. The Bertz CT molecular complexity index is 848. The van der Waals surface area contributed by atoms with Crippen LogP contribution in [0.5, 0.6) is 0 Å². The number of benzene rings is 2. The van der Waals surface area contributed by atoms with Gasteiger partial charge in [0.05, 0.1) is 12.2 Å².